The second kappa shape index (κ2) is 10.6. The predicted molar refractivity (Wildman–Crippen MR) is 114 cm³/mol. The Bertz CT molecular complexity index is 776. The molecule has 160 valence electrons. The molecule has 1 aliphatic heterocycles. The number of nitrogens with two attached hydrogens (primary N) is 1. The highest BCUT2D eigenvalue weighted by Gasteiger charge is 2.32. The van der Waals surface area contributed by atoms with Crippen LogP contribution < -0.4 is 11.1 Å². The first-order valence-corrected chi connectivity index (χ1v) is 9.94. The van der Waals surface area contributed by atoms with Crippen LogP contribution in [0.3, 0.4) is 0 Å². The molecule has 1 amide bonds. The van der Waals surface area contributed by atoms with Crippen LogP contribution in [0.2, 0.25) is 0 Å². The molecular formula is C20H31ClN6O2. The third-order valence-electron chi connectivity index (χ3n) is 5.45. The summed E-state index contributed by atoms with van der Waals surface area (Å²) in [6, 6.07) is 6.27. The second-order valence-corrected chi connectivity index (χ2v) is 7.51. The number of amides is 1. The molecule has 0 spiro atoms. The summed E-state index contributed by atoms with van der Waals surface area (Å²) in [4.78, 5) is 15.1. The number of aromatic hydroxyl groups is 1. The highest BCUT2D eigenvalue weighted by molar-refractivity contribution is 5.85. The molecule has 2 aromatic rings. The lowest BCUT2D eigenvalue weighted by Gasteiger charge is -2.32. The van der Waals surface area contributed by atoms with Gasteiger partial charge < -0.3 is 21.1 Å². The Balaban J connectivity index is 0.00000300. The molecule has 1 saturated heterocycles. The molecule has 0 unspecified atom stereocenters. The number of aromatic nitrogens is 3. The fourth-order valence-corrected chi connectivity index (χ4v) is 3.50. The van der Waals surface area contributed by atoms with Gasteiger partial charge in [-0.15, -0.1) is 17.5 Å². The number of hydrogen-bond donors (Lipinski definition) is 3. The zero-order valence-corrected chi connectivity index (χ0v) is 17.8. The monoisotopic (exact) mass is 422 g/mol. The first-order valence-electron chi connectivity index (χ1n) is 9.94. The lowest BCUT2D eigenvalue weighted by molar-refractivity contribution is -0.137. The van der Waals surface area contributed by atoms with Crippen LogP contribution in [0.5, 0.6) is 5.75 Å². The van der Waals surface area contributed by atoms with E-state index < -0.39 is 0 Å². The molecule has 1 aromatic heterocycles. The van der Waals surface area contributed by atoms with E-state index in [2.05, 4.69) is 29.5 Å². The highest BCUT2D eigenvalue weighted by Crippen LogP contribution is 2.25. The first-order chi connectivity index (χ1) is 13.5. The van der Waals surface area contributed by atoms with Gasteiger partial charge in [-0.2, -0.15) is 0 Å². The Morgan fingerprint density at radius 1 is 1.28 bits per heavy atom. The molecule has 1 aliphatic rings. The van der Waals surface area contributed by atoms with E-state index in [0.717, 1.165) is 25.1 Å². The molecule has 1 fully saturated rings. The maximum absolute atomic E-state index is 13.2. The number of piperazine rings is 1. The number of nitrogens with zero attached hydrogens (tertiary/aromatic N) is 4. The average Bonchev–Trinajstić information content (AvgIpc) is 3.20. The van der Waals surface area contributed by atoms with E-state index in [0.29, 0.717) is 25.2 Å². The molecule has 1 aromatic carbocycles. The van der Waals surface area contributed by atoms with Crippen molar-refractivity contribution in [2.75, 3.05) is 26.2 Å². The molecule has 0 aliphatic carbocycles. The Kier molecular flexibility index (Phi) is 8.43. The van der Waals surface area contributed by atoms with Gasteiger partial charge in [0.25, 0.3) is 0 Å². The lowest BCUT2D eigenvalue weighted by atomic mass is 9.97. The summed E-state index contributed by atoms with van der Waals surface area (Å²) in [6.07, 6.45) is 3.26. The van der Waals surface area contributed by atoms with Gasteiger partial charge in [-0.3, -0.25) is 4.79 Å². The van der Waals surface area contributed by atoms with E-state index in [1.807, 2.05) is 23.2 Å². The Morgan fingerprint density at radius 2 is 1.93 bits per heavy atom. The van der Waals surface area contributed by atoms with Crippen molar-refractivity contribution < 1.29 is 9.90 Å². The largest absolute Gasteiger partial charge is 0.508 e. The molecule has 29 heavy (non-hydrogen) atoms. The van der Waals surface area contributed by atoms with Crippen LogP contribution in [0.25, 0.3) is 0 Å². The molecular weight excluding hydrogens is 392 g/mol. The SMILES string of the molecule is CC[C@H](C)[C@@H](C(=O)N1CCNCC1)n1cc([C@@H](N)Cc2ccc(O)cc2)nn1.Cl. The number of hydrogen-bond acceptors (Lipinski definition) is 6. The van der Waals surface area contributed by atoms with E-state index in [-0.39, 0.29) is 42.1 Å². The molecule has 0 bridgehead atoms. The zero-order chi connectivity index (χ0) is 20.1. The minimum absolute atomic E-state index is 0. The summed E-state index contributed by atoms with van der Waals surface area (Å²) in [5, 5.41) is 21.2. The van der Waals surface area contributed by atoms with Gasteiger partial charge in [0.05, 0.1) is 17.9 Å². The molecule has 0 radical (unpaired) electrons. The minimum Gasteiger partial charge on any atom is -0.508 e. The summed E-state index contributed by atoms with van der Waals surface area (Å²) < 4.78 is 1.69. The normalized spacial score (nSPS) is 17.3. The van der Waals surface area contributed by atoms with Crippen molar-refractivity contribution >= 4 is 18.3 Å². The number of carbonyl (C=O) groups is 1. The fourth-order valence-electron chi connectivity index (χ4n) is 3.50. The van der Waals surface area contributed by atoms with Crippen LogP contribution in [-0.2, 0) is 11.2 Å². The molecule has 0 saturated carbocycles. The second-order valence-electron chi connectivity index (χ2n) is 7.51. The van der Waals surface area contributed by atoms with Crippen molar-refractivity contribution in [3.63, 3.8) is 0 Å². The topological polar surface area (TPSA) is 109 Å². The minimum atomic E-state index is -0.370. The van der Waals surface area contributed by atoms with E-state index in [9.17, 15) is 9.90 Å². The van der Waals surface area contributed by atoms with Crippen molar-refractivity contribution in [3.05, 3.63) is 41.7 Å². The number of nitrogens with one attached hydrogen (secondary N) is 1. The lowest BCUT2D eigenvalue weighted by Crippen LogP contribution is -2.49. The van der Waals surface area contributed by atoms with Gasteiger partial charge in [0.1, 0.15) is 11.8 Å². The van der Waals surface area contributed by atoms with Crippen molar-refractivity contribution in [3.8, 4) is 5.75 Å². The summed E-state index contributed by atoms with van der Waals surface area (Å²) in [7, 11) is 0. The van der Waals surface area contributed by atoms with Crippen LogP contribution in [0, 0.1) is 5.92 Å². The number of phenols is 1. The number of halogens is 1. The van der Waals surface area contributed by atoms with Crippen LogP contribution >= 0.6 is 12.4 Å². The third-order valence-corrected chi connectivity index (χ3v) is 5.45. The summed E-state index contributed by atoms with van der Waals surface area (Å²) in [5.74, 6) is 0.468. The van der Waals surface area contributed by atoms with E-state index >= 15 is 0 Å². The number of phenolic OH excluding ortho intramolecular Hbond substituents is 1. The highest BCUT2D eigenvalue weighted by atomic mass is 35.5. The summed E-state index contributed by atoms with van der Waals surface area (Å²) in [6.45, 7) is 7.22. The molecule has 2 heterocycles. The number of carbonyl (C=O) groups excluding carboxylic acids is 1. The zero-order valence-electron chi connectivity index (χ0n) is 17.0. The van der Waals surface area contributed by atoms with Crippen LogP contribution in [0.1, 0.15) is 43.6 Å². The van der Waals surface area contributed by atoms with Gasteiger partial charge in [0.15, 0.2) is 0 Å². The maximum Gasteiger partial charge on any atom is 0.247 e. The fraction of sp³-hybridized carbons (Fsp3) is 0.550. The molecule has 3 atom stereocenters. The van der Waals surface area contributed by atoms with E-state index in [1.165, 1.54) is 0 Å². The third kappa shape index (κ3) is 5.68. The maximum atomic E-state index is 13.2. The molecule has 4 N–H and O–H groups in total. The van der Waals surface area contributed by atoms with E-state index in [4.69, 9.17) is 5.73 Å². The van der Waals surface area contributed by atoms with Crippen molar-refractivity contribution in [2.45, 2.75) is 38.8 Å². The molecule has 3 rings (SSSR count). The Hall–Kier alpha value is -2.16. The van der Waals surface area contributed by atoms with Crippen molar-refractivity contribution in [1.82, 2.24) is 25.2 Å². The van der Waals surface area contributed by atoms with Gasteiger partial charge in [0.2, 0.25) is 5.91 Å². The van der Waals surface area contributed by atoms with Gasteiger partial charge >= 0.3 is 0 Å². The van der Waals surface area contributed by atoms with Crippen LogP contribution in [0.15, 0.2) is 30.5 Å². The van der Waals surface area contributed by atoms with Gasteiger partial charge in [-0.1, -0.05) is 37.6 Å². The van der Waals surface area contributed by atoms with Crippen LogP contribution in [-0.4, -0.2) is 57.1 Å². The summed E-state index contributed by atoms with van der Waals surface area (Å²) in [5.41, 5.74) is 8.00. The Labute approximate surface area is 177 Å². The quantitative estimate of drug-likeness (QED) is 0.626. The average molecular weight is 423 g/mol. The predicted octanol–water partition coefficient (Wildman–Crippen LogP) is 1.67. The number of benzene rings is 1. The summed E-state index contributed by atoms with van der Waals surface area (Å²) >= 11 is 0. The first kappa shape index (κ1) is 23.1. The Morgan fingerprint density at radius 3 is 2.55 bits per heavy atom. The van der Waals surface area contributed by atoms with E-state index in [1.54, 1.807) is 16.8 Å². The van der Waals surface area contributed by atoms with Crippen LogP contribution in [0.4, 0.5) is 0 Å². The molecule has 9 heteroatoms. The number of rotatable bonds is 7. The van der Waals surface area contributed by atoms with Gasteiger partial charge in [-0.25, -0.2) is 4.68 Å². The van der Waals surface area contributed by atoms with Gasteiger partial charge in [-0.05, 0) is 30.0 Å². The van der Waals surface area contributed by atoms with Crippen molar-refractivity contribution in [2.24, 2.45) is 11.7 Å². The van der Waals surface area contributed by atoms with Gasteiger partial charge in [0, 0.05) is 26.2 Å². The molecule has 8 nitrogen and oxygen atoms in total. The standard InChI is InChI=1S/C20H30N6O2.ClH/c1-3-14(2)19(20(28)25-10-8-22-9-11-25)26-13-18(23-24-26)17(21)12-15-4-6-16(27)7-5-15;/h4-7,13-14,17,19,22,27H,3,8-12,21H2,1-2H3;1H/t14-,17-,19-;/m0./s1. The smallest absolute Gasteiger partial charge is 0.247 e. The van der Waals surface area contributed by atoms with Crippen molar-refractivity contribution in [1.29, 1.82) is 0 Å².